The fraction of sp³-hybridized carbons (Fsp3) is 0.250. The molecule has 0 unspecified atom stereocenters. The van der Waals surface area contributed by atoms with Gasteiger partial charge in [0.25, 0.3) is 5.56 Å². The molecule has 0 bridgehead atoms. The Balaban J connectivity index is 1.53. The highest BCUT2D eigenvalue weighted by molar-refractivity contribution is 7.09. The Bertz CT molecular complexity index is 1260. The summed E-state index contributed by atoms with van der Waals surface area (Å²) in [5.74, 6) is 0.808. The molecule has 0 saturated heterocycles. The maximum Gasteiger partial charge on any atom is 0.274 e. The largest absolute Gasteiger partial charge is 0.350 e. The Labute approximate surface area is 165 Å². The van der Waals surface area contributed by atoms with Gasteiger partial charge in [-0.25, -0.2) is 9.97 Å². The van der Waals surface area contributed by atoms with Crippen molar-refractivity contribution in [3.8, 4) is 11.3 Å². The van der Waals surface area contributed by atoms with Gasteiger partial charge >= 0.3 is 0 Å². The van der Waals surface area contributed by atoms with E-state index in [0.717, 1.165) is 46.3 Å². The topological polar surface area (TPSA) is 76.3 Å². The molecule has 140 valence electrons. The number of aromatic nitrogens is 5. The fourth-order valence-corrected chi connectivity index (χ4v) is 4.22. The summed E-state index contributed by atoms with van der Waals surface area (Å²) in [7, 11) is 0. The van der Waals surface area contributed by atoms with E-state index >= 15 is 0 Å². The standard InChI is InChI=1S/C20H18N6OS/c1-12-7-18-21-5-3-19(27)26(18)24-20(12)25-6-4-16-15(10-25)8-14(9-22-16)17-11-28-13(2)23-17/h3,5,7-9,11H,4,6,10H2,1-2H3. The van der Waals surface area contributed by atoms with Crippen LogP contribution >= 0.6 is 11.3 Å². The van der Waals surface area contributed by atoms with Crippen LogP contribution in [0.5, 0.6) is 0 Å². The Hall–Kier alpha value is -3.13. The van der Waals surface area contributed by atoms with Crippen LogP contribution in [-0.2, 0) is 13.0 Å². The number of fused-ring (bicyclic) bond motifs is 2. The molecule has 5 heterocycles. The number of pyridine rings is 1. The molecular weight excluding hydrogens is 372 g/mol. The highest BCUT2D eigenvalue weighted by Crippen LogP contribution is 2.28. The second-order valence-corrected chi connectivity index (χ2v) is 8.02. The maximum atomic E-state index is 12.2. The van der Waals surface area contributed by atoms with Crippen LogP contribution in [0.2, 0.25) is 0 Å². The van der Waals surface area contributed by atoms with Gasteiger partial charge in [0.1, 0.15) is 0 Å². The average Bonchev–Trinajstić information content (AvgIpc) is 3.13. The highest BCUT2D eigenvalue weighted by Gasteiger charge is 2.21. The predicted molar refractivity (Wildman–Crippen MR) is 109 cm³/mol. The average molecular weight is 390 g/mol. The van der Waals surface area contributed by atoms with Gasteiger partial charge in [-0.1, -0.05) is 0 Å². The van der Waals surface area contributed by atoms with Gasteiger partial charge < -0.3 is 4.90 Å². The number of nitrogens with zero attached hydrogens (tertiary/aromatic N) is 6. The molecule has 4 aromatic heterocycles. The quantitative estimate of drug-likeness (QED) is 0.524. The molecule has 0 aromatic carbocycles. The van der Waals surface area contributed by atoms with Crippen LogP contribution in [0.15, 0.2) is 40.8 Å². The van der Waals surface area contributed by atoms with Crippen molar-refractivity contribution in [3.63, 3.8) is 0 Å². The van der Waals surface area contributed by atoms with Crippen molar-refractivity contribution < 1.29 is 0 Å². The molecule has 0 saturated carbocycles. The molecule has 0 fully saturated rings. The number of hydrogen-bond donors (Lipinski definition) is 0. The van der Waals surface area contributed by atoms with Gasteiger partial charge in [-0.05, 0) is 37.1 Å². The minimum Gasteiger partial charge on any atom is -0.350 e. The zero-order valence-corrected chi connectivity index (χ0v) is 16.4. The molecule has 28 heavy (non-hydrogen) atoms. The highest BCUT2D eigenvalue weighted by atomic mass is 32.1. The summed E-state index contributed by atoms with van der Waals surface area (Å²) >= 11 is 1.64. The van der Waals surface area contributed by atoms with Gasteiger partial charge in [-0.3, -0.25) is 9.78 Å². The number of rotatable bonds is 2. The first-order chi connectivity index (χ1) is 13.6. The minimum absolute atomic E-state index is 0.175. The van der Waals surface area contributed by atoms with Crippen molar-refractivity contribution >= 4 is 22.8 Å². The van der Waals surface area contributed by atoms with Crippen molar-refractivity contribution in [3.05, 3.63) is 68.2 Å². The molecule has 1 aliphatic heterocycles. The van der Waals surface area contributed by atoms with E-state index < -0.39 is 0 Å². The summed E-state index contributed by atoms with van der Waals surface area (Å²) in [4.78, 5) is 27.8. The molecule has 0 atom stereocenters. The third-order valence-electron chi connectivity index (χ3n) is 5.00. The molecule has 0 spiro atoms. The van der Waals surface area contributed by atoms with E-state index in [1.165, 1.54) is 22.3 Å². The van der Waals surface area contributed by atoms with E-state index in [9.17, 15) is 4.79 Å². The lowest BCUT2D eigenvalue weighted by Gasteiger charge is -2.30. The van der Waals surface area contributed by atoms with Gasteiger partial charge in [-0.15, -0.1) is 16.4 Å². The van der Waals surface area contributed by atoms with E-state index in [2.05, 4.69) is 36.4 Å². The lowest BCUT2D eigenvalue weighted by molar-refractivity contribution is 0.685. The Morgan fingerprint density at radius 2 is 2.07 bits per heavy atom. The van der Waals surface area contributed by atoms with Crippen LogP contribution in [0.1, 0.15) is 21.8 Å². The Morgan fingerprint density at radius 1 is 1.18 bits per heavy atom. The van der Waals surface area contributed by atoms with E-state index in [4.69, 9.17) is 0 Å². The van der Waals surface area contributed by atoms with Crippen LogP contribution < -0.4 is 10.5 Å². The summed E-state index contributed by atoms with van der Waals surface area (Å²) in [5, 5.41) is 7.70. The smallest absolute Gasteiger partial charge is 0.274 e. The number of thiazole rings is 1. The van der Waals surface area contributed by atoms with E-state index in [1.807, 2.05) is 26.1 Å². The molecular formula is C20H18N6OS. The number of anilines is 1. The van der Waals surface area contributed by atoms with Gasteiger partial charge in [0.2, 0.25) is 0 Å². The van der Waals surface area contributed by atoms with Crippen LogP contribution in [0, 0.1) is 13.8 Å². The van der Waals surface area contributed by atoms with Gasteiger partial charge in [0.15, 0.2) is 11.5 Å². The van der Waals surface area contributed by atoms with Crippen LogP contribution in [0.3, 0.4) is 0 Å². The lowest BCUT2D eigenvalue weighted by Crippen LogP contribution is -2.33. The molecule has 0 aliphatic carbocycles. The normalized spacial score (nSPS) is 13.7. The Kier molecular flexibility index (Phi) is 3.94. The minimum atomic E-state index is -0.175. The van der Waals surface area contributed by atoms with Crippen molar-refractivity contribution in [2.24, 2.45) is 0 Å². The first-order valence-corrected chi connectivity index (χ1v) is 9.97. The first-order valence-electron chi connectivity index (χ1n) is 9.09. The molecule has 1 aliphatic rings. The zero-order valence-electron chi connectivity index (χ0n) is 15.6. The molecule has 5 rings (SSSR count). The lowest BCUT2D eigenvalue weighted by atomic mass is 10.0. The summed E-state index contributed by atoms with van der Waals surface area (Å²) < 4.78 is 1.37. The fourth-order valence-electron chi connectivity index (χ4n) is 3.60. The molecule has 8 heteroatoms. The SMILES string of the molecule is Cc1nc(-c2cnc3c(c2)CN(c2nn4c(=O)ccnc4cc2C)CC3)cs1. The van der Waals surface area contributed by atoms with Crippen molar-refractivity contribution in [1.82, 2.24) is 24.6 Å². The van der Waals surface area contributed by atoms with Crippen LogP contribution in [-0.4, -0.2) is 31.1 Å². The summed E-state index contributed by atoms with van der Waals surface area (Å²) in [5.41, 5.74) is 5.68. The first kappa shape index (κ1) is 17.0. The molecule has 7 nitrogen and oxygen atoms in total. The maximum absolute atomic E-state index is 12.2. The second kappa shape index (κ2) is 6.49. The predicted octanol–water partition coefficient (Wildman–Crippen LogP) is 2.79. The van der Waals surface area contributed by atoms with Gasteiger partial charge in [0, 0.05) is 54.6 Å². The van der Waals surface area contributed by atoms with Crippen LogP contribution in [0.4, 0.5) is 5.82 Å². The van der Waals surface area contributed by atoms with E-state index in [1.54, 1.807) is 11.3 Å². The Morgan fingerprint density at radius 3 is 2.89 bits per heavy atom. The van der Waals surface area contributed by atoms with Gasteiger partial charge in [0.05, 0.1) is 10.7 Å². The van der Waals surface area contributed by atoms with Crippen molar-refractivity contribution in [2.45, 2.75) is 26.8 Å². The molecule has 4 aromatic rings. The molecule has 0 radical (unpaired) electrons. The van der Waals surface area contributed by atoms with Crippen LogP contribution in [0.25, 0.3) is 16.9 Å². The number of hydrogen-bond acceptors (Lipinski definition) is 7. The van der Waals surface area contributed by atoms with E-state index in [-0.39, 0.29) is 5.56 Å². The molecule has 0 amide bonds. The molecule has 0 N–H and O–H groups in total. The zero-order chi connectivity index (χ0) is 19.3. The van der Waals surface area contributed by atoms with E-state index in [0.29, 0.717) is 12.2 Å². The van der Waals surface area contributed by atoms with Crippen molar-refractivity contribution in [2.75, 3.05) is 11.4 Å². The third-order valence-corrected chi connectivity index (χ3v) is 5.77. The number of aryl methyl sites for hydroxylation is 2. The monoisotopic (exact) mass is 390 g/mol. The van der Waals surface area contributed by atoms with Gasteiger partial charge in [-0.2, -0.15) is 4.52 Å². The summed E-state index contributed by atoms with van der Waals surface area (Å²) in [6, 6.07) is 5.51. The summed E-state index contributed by atoms with van der Waals surface area (Å²) in [6.45, 7) is 5.52. The second-order valence-electron chi connectivity index (χ2n) is 6.96. The summed E-state index contributed by atoms with van der Waals surface area (Å²) in [6.07, 6.45) is 4.27. The third kappa shape index (κ3) is 2.86. The van der Waals surface area contributed by atoms with Crippen molar-refractivity contribution in [1.29, 1.82) is 0 Å².